The number of aromatic nitrogens is 1. The second-order valence-corrected chi connectivity index (χ2v) is 4.30. The summed E-state index contributed by atoms with van der Waals surface area (Å²) in [6, 6.07) is 7.63. The number of H-pyrrole nitrogens is 1. The van der Waals surface area contributed by atoms with Gasteiger partial charge in [0.15, 0.2) is 5.43 Å². The van der Waals surface area contributed by atoms with Crippen molar-refractivity contribution in [3.63, 3.8) is 0 Å². The number of pyridine rings is 1. The van der Waals surface area contributed by atoms with Gasteiger partial charge in [0.25, 0.3) is 0 Å². The second kappa shape index (κ2) is 4.11. The van der Waals surface area contributed by atoms with Gasteiger partial charge in [-0.3, -0.25) is 4.79 Å². The van der Waals surface area contributed by atoms with Gasteiger partial charge in [0.2, 0.25) is 0 Å². The summed E-state index contributed by atoms with van der Waals surface area (Å²) in [5, 5.41) is 0.777. The molecule has 1 aromatic carbocycles. The molecular formula is C12H13NOS. The van der Waals surface area contributed by atoms with Crippen LogP contribution in [-0.4, -0.2) is 11.2 Å². The quantitative estimate of drug-likeness (QED) is 0.788. The zero-order valence-corrected chi connectivity index (χ0v) is 9.65. The number of fused-ring (bicyclic) bond motifs is 1. The Balaban J connectivity index is 2.74. The lowest BCUT2D eigenvalue weighted by Crippen LogP contribution is -2.04. The van der Waals surface area contributed by atoms with Crippen LogP contribution in [0.2, 0.25) is 0 Å². The predicted octanol–water partition coefficient (Wildman–Crippen LogP) is 2.81. The highest BCUT2D eigenvalue weighted by molar-refractivity contribution is 7.98. The van der Waals surface area contributed by atoms with Gasteiger partial charge in [0, 0.05) is 27.6 Å². The minimum atomic E-state index is 0.108. The van der Waals surface area contributed by atoms with Crippen molar-refractivity contribution in [3.8, 4) is 0 Å². The molecule has 2 nitrogen and oxygen atoms in total. The maximum atomic E-state index is 11.8. The number of nitrogens with one attached hydrogen (secondary N) is 1. The molecule has 1 heterocycles. The van der Waals surface area contributed by atoms with Gasteiger partial charge in [-0.05, 0) is 30.9 Å². The molecule has 78 valence electrons. The Labute approximate surface area is 92.7 Å². The van der Waals surface area contributed by atoms with Crippen LogP contribution in [0.1, 0.15) is 12.6 Å². The lowest BCUT2D eigenvalue weighted by atomic mass is 10.2. The summed E-state index contributed by atoms with van der Waals surface area (Å²) in [7, 11) is 0. The number of aromatic amines is 1. The van der Waals surface area contributed by atoms with E-state index < -0.39 is 0 Å². The van der Waals surface area contributed by atoms with E-state index >= 15 is 0 Å². The van der Waals surface area contributed by atoms with Crippen molar-refractivity contribution >= 4 is 22.7 Å². The predicted molar refractivity (Wildman–Crippen MR) is 65.7 cm³/mol. The molecule has 0 saturated heterocycles. The Hall–Kier alpha value is -1.22. The Morgan fingerprint density at radius 1 is 1.33 bits per heavy atom. The van der Waals surface area contributed by atoms with Gasteiger partial charge < -0.3 is 4.98 Å². The summed E-state index contributed by atoms with van der Waals surface area (Å²) in [6.07, 6.45) is 2.87. The van der Waals surface area contributed by atoms with Crippen LogP contribution in [0.4, 0.5) is 0 Å². The molecule has 0 unspecified atom stereocenters. The third kappa shape index (κ3) is 1.92. The molecule has 0 radical (unpaired) electrons. The molecule has 0 aliphatic rings. The van der Waals surface area contributed by atoms with E-state index in [0.717, 1.165) is 27.9 Å². The Morgan fingerprint density at radius 3 is 2.80 bits per heavy atom. The zero-order valence-electron chi connectivity index (χ0n) is 8.83. The van der Waals surface area contributed by atoms with Crippen molar-refractivity contribution in [2.24, 2.45) is 0 Å². The monoisotopic (exact) mass is 219 g/mol. The second-order valence-electron chi connectivity index (χ2n) is 3.42. The summed E-state index contributed by atoms with van der Waals surface area (Å²) >= 11 is 1.65. The maximum Gasteiger partial charge on any atom is 0.189 e. The van der Waals surface area contributed by atoms with Crippen LogP contribution in [0, 0.1) is 0 Å². The van der Waals surface area contributed by atoms with Gasteiger partial charge in [-0.1, -0.05) is 6.92 Å². The molecule has 0 atom stereocenters. The zero-order chi connectivity index (χ0) is 10.8. The SMILES string of the molecule is CCc1cc(=O)c2cc(SC)ccc2[nH]1. The van der Waals surface area contributed by atoms with Crippen LogP contribution in [0.3, 0.4) is 0 Å². The fourth-order valence-corrected chi connectivity index (χ4v) is 2.04. The molecule has 0 amide bonds. The Morgan fingerprint density at radius 2 is 2.13 bits per heavy atom. The van der Waals surface area contributed by atoms with Gasteiger partial charge in [0.1, 0.15) is 0 Å². The van der Waals surface area contributed by atoms with Gasteiger partial charge in [-0.15, -0.1) is 11.8 Å². The van der Waals surface area contributed by atoms with Crippen LogP contribution in [0.5, 0.6) is 0 Å². The molecule has 1 aromatic heterocycles. The van der Waals surface area contributed by atoms with E-state index in [1.54, 1.807) is 17.8 Å². The average molecular weight is 219 g/mol. The van der Waals surface area contributed by atoms with Gasteiger partial charge in [-0.25, -0.2) is 0 Å². The average Bonchev–Trinajstić information content (AvgIpc) is 2.28. The Bertz CT molecular complexity index is 545. The minimum Gasteiger partial charge on any atom is -0.358 e. The molecule has 0 saturated carbocycles. The molecule has 3 heteroatoms. The Kier molecular flexibility index (Phi) is 2.82. The standard InChI is InChI=1S/C12H13NOS/c1-3-8-6-12(14)10-7-9(15-2)4-5-11(10)13-8/h4-7H,3H2,1-2H3,(H,13,14). The minimum absolute atomic E-state index is 0.108. The van der Waals surface area contributed by atoms with Gasteiger partial charge in [-0.2, -0.15) is 0 Å². The van der Waals surface area contributed by atoms with E-state index in [2.05, 4.69) is 4.98 Å². The molecule has 1 N–H and O–H groups in total. The first kappa shape index (κ1) is 10.3. The third-order valence-corrected chi connectivity index (χ3v) is 3.20. The number of rotatable bonds is 2. The number of hydrogen-bond donors (Lipinski definition) is 1. The molecule has 2 rings (SSSR count). The first-order valence-electron chi connectivity index (χ1n) is 4.94. The number of thioether (sulfide) groups is 1. The van der Waals surface area contributed by atoms with Gasteiger partial charge in [0.05, 0.1) is 0 Å². The van der Waals surface area contributed by atoms with E-state index in [1.165, 1.54) is 0 Å². The summed E-state index contributed by atoms with van der Waals surface area (Å²) in [5.74, 6) is 0. The summed E-state index contributed by atoms with van der Waals surface area (Å²) in [5.41, 5.74) is 2.03. The number of benzene rings is 1. The highest BCUT2D eigenvalue weighted by Crippen LogP contribution is 2.18. The van der Waals surface area contributed by atoms with Crippen molar-refractivity contribution < 1.29 is 0 Å². The first-order valence-corrected chi connectivity index (χ1v) is 6.17. The molecule has 0 spiro atoms. The number of hydrogen-bond acceptors (Lipinski definition) is 2. The smallest absolute Gasteiger partial charge is 0.189 e. The lowest BCUT2D eigenvalue weighted by molar-refractivity contribution is 1.05. The van der Waals surface area contributed by atoms with E-state index in [0.29, 0.717) is 0 Å². The van der Waals surface area contributed by atoms with E-state index in [1.807, 2.05) is 31.4 Å². The molecule has 0 aliphatic heterocycles. The van der Waals surface area contributed by atoms with Crippen molar-refractivity contribution in [2.45, 2.75) is 18.2 Å². The fraction of sp³-hybridized carbons (Fsp3) is 0.250. The van der Waals surface area contributed by atoms with Gasteiger partial charge >= 0.3 is 0 Å². The maximum absolute atomic E-state index is 11.8. The number of aryl methyl sites for hydroxylation is 1. The summed E-state index contributed by atoms with van der Waals surface area (Å²) in [4.78, 5) is 16.2. The van der Waals surface area contributed by atoms with Crippen molar-refractivity contribution in [2.75, 3.05) is 6.26 Å². The molecule has 0 fully saturated rings. The lowest BCUT2D eigenvalue weighted by Gasteiger charge is -2.03. The highest BCUT2D eigenvalue weighted by atomic mass is 32.2. The molecule has 15 heavy (non-hydrogen) atoms. The molecular weight excluding hydrogens is 206 g/mol. The van der Waals surface area contributed by atoms with E-state index in [-0.39, 0.29) is 5.43 Å². The summed E-state index contributed by atoms with van der Waals surface area (Å²) < 4.78 is 0. The molecule has 0 aliphatic carbocycles. The van der Waals surface area contributed by atoms with Crippen LogP contribution in [-0.2, 0) is 6.42 Å². The van der Waals surface area contributed by atoms with Crippen molar-refractivity contribution in [1.82, 2.24) is 4.98 Å². The topological polar surface area (TPSA) is 32.9 Å². The van der Waals surface area contributed by atoms with Crippen LogP contribution in [0.25, 0.3) is 10.9 Å². The van der Waals surface area contributed by atoms with Crippen LogP contribution >= 0.6 is 11.8 Å². The summed E-state index contributed by atoms with van der Waals surface area (Å²) in [6.45, 7) is 2.04. The van der Waals surface area contributed by atoms with Crippen LogP contribution in [0.15, 0.2) is 34.0 Å². The first-order chi connectivity index (χ1) is 7.24. The third-order valence-electron chi connectivity index (χ3n) is 2.47. The van der Waals surface area contributed by atoms with Crippen molar-refractivity contribution in [3.05, 3.63) is 40.2 Å². The largest absolute Gasteiger partial charge is 0.358 e. The normalized spacial score (nSPS) is 10.8. The van der Waals surface area contributed by atoms with Crippen molar-refractivity contribution in [1.29, 1.82) is 0 Å². The van der Waals surface area contributed by atoms with Crippen LogP contribution < -0.4 is 5.43 Å². The molecule has 0 bridgehead atoms. The van der Waals surface area contributed by atoms with E-state index in [9.17, 15) is 4.79 Å². The fourth-order valence-electron chi connectivity index (χ4n) is 1.60. The van der Waals surface area contributed by atoms with E-state index in [4.69, 9.17) is 0 Å². The highest BCUT2D eigenvalue weighted by Gasteiger charge is 2.01. The molecule has 2 aromatic rings.